The zero-order chi connectivity index (χ0) is 10.7. The molecule has 1 aliphatic rings. The molecule has 0 radical (unpaired) electrons. The number of anilines is 1. The first-order valence-electron chi connectivity index (χ1n) is 5.05. The van der Waals surface area contributed by atoms with Gasteiger partial charge in [-0.1, -0.05) is 0 Å². The molecule has 1 aromatic rings. The molecule has 2 nitrogen and oxygen atoms in total. The van der Waals surface area contributed by atoms with Gasteiger partial charge in [-0.15, -0.1) is 0 Å². The second kappa shape index (κ2) is 4.47. The van der Waals surface area contributed by atoms with Gasteiger partial charge in [0.15, 0.2) is 0 Å². The van der Waals surface area contributed by atoms with Crippen molar-refractivity contribution in [3.8, 4) is 5.75 Å². The molecule has 15 heavy (non-hydrogen) atoms. The first kappa shape index (κ1) is 10.2. The van der Waals surface area contributed by atoms with Crippen LogP contribution in [0, 0.1) is 0 Å². The van der Waals surface area contributed by atoms with E-state index in [2.05, 4.69) is 10.1 Å². The van der Waals surface area contributed by atoms with Gasteiger partial charge < -0.3 is 10.1 Å². The molecule has 2 rings (SSSR count). The van der Waals surface area contributed by atoms with Crippen LogP contribution < -0.4 is 10.1 Å². The Balaban J connectivity index is 1.91. The van der Waals surface area contributed by atoms with Gasteiger partial charge in [0.25, 0.3) is 0 Å². The number of benzene rings is 1. The van der Waals surface area contributed by atoms with Crippen LogP contribution in [0.25, 0.3) is 0 Å². The van der Waals surface area contributed by atoms with E-state index in [1.807, 2.05) is 0 Å². The van der Waals surface area contributed by atoms with Gasteiger partial charge in [-0.2, -0.15) is 8.78 Å². The third kappa shape index (κ3) is 2.81. The summed E-state index contributed by atoms with van der Waals surface area (Å²) in [6, 6.07) is 7.17. The summed E-state index contributed by atoms with van der Waals surface area (Å²) in [6.45, 7) is -2.75. The molecule has 0 amide bonds. The predicted molar refractivity (Wildman–Crippen MR) is 54.3 cm³/mol. The van der Waals surface area contributed by atoms with Crippen molar-refractivity contribution >= 4 is 5.69 Å². The Morgan fingerprint density at radius 3 is 2.33 bits per heavy atom. The maximum Gasteiger partial charge on any atom is 0.387 e. The smallest absolute Gasteiger partial charge is 0.387 e. The molecule has 0 aliphatic heterocycles. The molecular weight excluding hydrogens is 200 g/mol. The molecule has 0 aromatic heterocycles. The van der Waals surface area contributed by atoms with Crippen molar-refractivity contribution in [2.75, 3.05) is 5.32 Å². The minimum absolute atomic E-state index is 0.198. The Morgan fingerprint density at radius 2 is 1.87 bits per heavy atom. The summed E-state index contributed by atoms with van der Waals surface area (Å²) in [5, 5.41) is 3.32. The van der Waals surface area contributed by atoms with Crippen molar-refractivity contribution < 1.29 is 13.5 Å². The number of halogens is 2. The van der Waals surface area contributed by atoms with Crippen molar-refractivity contribution in [2.45, 2.75) is 31.9 Å². The first-order valence-corrected chi connectivity index (χ1v) is 5.05. The maximum atomic E-state index is 11.9. The van der Waals surface area contributed by atoms with Crippen LogP contribution in [0.15, 0.2) is 24.3 Å². The number of hydrogen-bond donors (Lipinski definition) is 1. The minimum atomic E-state index is -2.75. The second-order valence-corrected chi connectivity index (χ2v) is 3.68. The van der Waals surface area contributed by atoms with E-state index >= 15 is 0 Å². The fourth-order valence-corrected chi connectivity index (χ4v) is 1.52. The molecule has 0 saturated heterocycles. The normalized spacial score (nSPS) is 16.2. The number of hydrogen-bond acceptors (Lipinski definition) is 2. The summed E-state index contributed by atoms with van der Waals surface area (Å²) in [6.07, 6.45) is 3.65. The van der Waals surface area contributed by atoms with E-state index in [4.69, 9.17) is 0 Å². The molecule has 0 atom stereocenters. The lowest BCUT2D eigenvalue weighted by atomic mass is 9.93. The molecule has 82 valence electrons. The molecular formula is C11H13F2NO. The van der Waals surface area contributed by atoms with E-state index in [1.54, 1.807) is 24.3 Å². The van der Waals surface area contributed by atoms with Crippen LogP contribution in [-0.2, 0) is 0 Å². The van der Waals surface area contributed by atoms with E-state index in [9.17, 15) is 8.78 Å². The zero-order valence-corrected chi connectivity index (χ0v) is 8.25. The number of nitrogens with one attached hydrogen (secondary N) is 1. The van der Waals surface area contributed by atoms with Crippen LogP contribution in [0.3, 0.4) is 0 Å². The summed E-state index contributed by atoms with van der Waals surface area (Å²) >= 11 is 0. The van der Waals surface area contributed by atoms with Crippen LogP contribution >= 0.6 is 0 Å². The van der Waals surface area contributed by atoms with Crippen molar-refractivity contribution in [2.24, 2.45) is 0 Å². The highest BCUT2D eigenvalue weighted by molar-refractivity contribution is 5.47. The zero-order valence-electron chi connectivity index (χ0n) is 8.25. The average molecular weight is 213 g/mol. The molecule has 1 aliphatic carbocycles. The molecule has 0 bridgehead atoms. The van der Waals surface area contributed by atoms with Crippen molar-refractivity contribution in [1.82, 2.24) is 0 Å². The van der Waals surface area contributed by atoms with E-state index in [0.717, 1.165) is 5.69 Å². The minimum Gasteiger partial charge on any atom is -0.435 e. The highest BCUT2D eigenvalue weighted by Crippen LogP contribution is 2.24. The Bertz CT molecular complexity index is 309. The van der Waals surface area contributed by atoms with E-state index in [-0.39, 0.29) is 5.75 Å². The lowest BCUT2D eigenvalue weighted by Crippen LogP contribution is -2.26. The van der Waals surface area contributed by atoms with Gasteiger partial charge in [-0.25, -0.2) is 0 Å². The van der Waals surface area contributed by atoms with Gasteiger partial charge in [0.1, 0.15) is 5.75 Å². The van der Waals surface area contributed by atoms with Crippen molar-refractivity contribution in [3.05, 3.63) is 24.3 Å². The van der Waals surface area contributed by atoms with E-state index < -0.39 is 6.61 Å². The maximum absolute atomic E-state index is 11.9. The van der Waals surface area contributed by atoms with Gasteiger partial charge >= 0.3 is 6.61 Å². The third-order valence-corrected chi connectivity index (χ3v) is 2.56. The van der Waals surface area contributed by atoms with E-state index in [0.29, 0.717) is 6.04 Å². The Morgan fingerprint density at radius 1 is 1.20 bits per heavy atom. The summed E-state index contributed by atoms with van der Waals surface area (Å²) in [5.41, 5.74) is 0.960. The first-order chi connectivity index (χ1) is 7.24. The van der Waals surface area contributed by atoms with Gasteiger partial charge in [-0.3, -0.25) is 0 Å². The van der Waals surface area contributed by atoms with Crippen molar-refractivity contribution in [1.29, 1.82) is 0 Å². The van der Waals surface area contributed by atoms with E-state index in [1.165, 1.54) is 19.3 Å². The number of rotatable bonds is 4. The summed E-state index contributed by atoms with van der Waals surface area (Å²) < 4.78 is 28.0. The lowest BCUT2D eigenvalue weighted by Gasteiger charge is -2.27. The molecule has 0 spiro atoms. The number of ether oxygens (including phenoxy) is 1. The van der Waals surface area contributed by atoms with Crippen LogP contribution in [0.2, 0.25) is 0 Å². The van der Waals surface area contributed by atoms with Gasteiger partial charge in [0, 0.05) is 11.7 Å². The fraction of sp³-hybridized carbons (Fsp3) is 0.455. The average Bonchev–Trinajstić information content (AvgIpc) is 2.13. The molecule has 1 N–H and O–H groups in total. The molecule has 4 heteroatoms. The van der Waals surface area contributed by atoms with Gasteiger partial charge in [-0.05, 0) is 43.5 Å². The fourth-order valence-electron chi connectivity index (χ4n) is 1.52. The second-order valence-electron chi connectivity index (χ2n) is 3.68. The largest absolute Gasteiger partial charge is 0.435 e. The molecule has 1 fully saturated rings. The monoisotopic (exact) mass is 213 g/mol. The summed E-state index contributed by atoms with van der Waals surface area (Å²) in [7, 11) is 0. The predicted octanol–water partition coefficient (Wildman–Crippen LogP) is 3.25. The molecule has 0 heterocycles. The SMILES string of the molecule is FC(F)Oc1ccc(NC2CCC2)cc1. The van der Waals surface area contributed by atoms with Crippen molar-refractivity contribution in [3.63, 3.8) is 0 Å². The third-order valence-electron chi connectivity index (χ3n) is 2.56. The standard InChI is InChI=1S/C11H13F2NO/c12-11(13)15-10-6-4-9(5-7-10)14-8-2-1-3-8/h4-8,11,14H,1-3H2. The Hall–Kier alpha value is -1.32. The number of alkyl halides is 2. The van der Waals surface area contributed by atoms with Gasteiger partial charge in [0.2, 0.25) is 0 Å². The summed E-state index contributed by atoms with van der Waals surface area (Å²) in [5.74, 6) is 0.198. The molecule has 1 saturated carbocycles. The van der Waals surface area contributed by atoms with Crippen LogP contribution in [0.4, 0.5) is 14.5 Å². The quantitative estimate of drug-likeness (QED) is 0.828. The Kier molecular flexibility index (Phi) is 3.04. The topological polar surface area (TPSA) is 21.3 Å². The highest BCUT2D eigenvalue weighted by atomic mass is 19.3. The Labute approximate surface area is 87.2 Å². The molecule has 1 aromatic carbocycles. The van der Waals surface area contributed by atoms with Crippen LogP contribution in [-0.4, -0.2) is 12.7 Å². The van der Waals surface area contributed by atoms with Gasteiger partial charge in [0.05, 0.1) is 0 Å². The lowest BCUT2D eigenvalue weighted by molar-refractivity contribution is -0.0498. The summed E-state index contributed by atoms with van der Waals surface area (Å²) in [4.78, 5) is 0. The molecule has 0 unspecified atom stereocenters. The highest BCUT2D eigenvalue weighted by Gasteiger charge is 2.16. The van der Waals surface area contributed by atoms with Crippen LogP contribution in [0.5, 0.6) is 5.75 Å². The van der Waals surface area contributed by atoms with Crippen LogP contribution in [0.1, 0.15) is 19.3 Å².